The molecule has 1 aliphatic carbocycles. The van der Waals surface area contributed by atoms with Gasteiger partial charge in [-0.25, -0.2) is 4.98 Å². The van der Waals surface area contributed by atoms with Gasteiger partial charge in [-0.2, -0.15) is 0 Å². The molecular formula is C11H18N2O. The molecule has 0 saturated carbocycles. The monoisotopic (exact) mass is 194 g/mol. The van der Waals surface area contributed by atoms with E-state index in [2.05, 4.69) is 9.97 Å². The molecule has 0 aliphatic heterocycles. The second kappa shape index (κ2) is 3.39. The molecule has 0 saturated heterocycles. The summed E-state index contributed by atoms with van der Waals surface area (Å²) in [6, 6.07) is 0. The Kier molecular flexibility index (Phi) is 2.35. The molecule has 3 nitrogen and oxygen atoms in total. The molecule has 3 heteroatoms. The number of H-pyrrole nitrogens is 1. The molecule has 0 amide bonds. The lowest BCUT2D eigenvalue weighted by molar-refractivity contribution is 0.0120. The zero-order valence-electron chi connectivity index (χ0n) is 9.18. The molecule has 1 N–H and O–H groups in total. The standard InChI is InChI=1S/C11H18N2O/c1-11(2,14-3)10-12-8-6-4-5-7-9(8)13-10/h4-7H2,1-3H3,(H,12,13). The Morgan fingerprint density at radius 2 is 2.00 bits per heavy atom. The highest BCUT2D eigenvalue weighted by molar-refractivity contribution is 5.19. The van der Waals surface area contributed by atoms with E-state index in [1.807, 2.05) is 13.8 Å². The predicted molar refractivity (Wildman–Crippen MR) is 55.3 cm³/mol. The molecule has 1 aromatic rings. The van der Waals surface area contributed by atoms with E-state index in [1.54, 1.807) is 7.11 Å². The van der Waals surface area contributed by atoms with Gasteiger partial charge in [0.15, 0.2) is 0 Å². The van der Waals surface area contributed by atoms with Gasteiger partial charge in [0, 0.05) is 12.8 Å². The highest BCUT2D eigenvalue weighted by atomic mass is 16.5. The van der Waals surface area contributed by atoms with Crippen LogP contribution >= 0.6 is 0 Å². The lowest BCUT2D eigenvalue weighted by atomic mass is 10.0. The SMILES string of the molecule is COC(C)(C)c1nc2c([nH]1)CCCC2. The number of hydrogen-bond donors (Lipinski definition) is 1. The Morgan fingerprint density at radius 1 is 1.29 bits per heavy atom. The molecule has 14 heavy (non-hydrogen) atoms. The van der Waals surface area contributed by atoms with Crippen molar-refractivity contribution < 1.29 is 4.74 Å². The van der Waals surface area contributed by atoms with Crippen LogP contribution in [0.2, 0.25) is 0 Å². The van der Waals surface area contributed by atoms with Crippen LogP contribution in [-0.4, -0.2) is 17.1 Å². The number of imidazole rings is 1. The number of methoxy groups -OCH3 is 1. The van der Waals surface area contributed by atoms with Crippen molar-refractivity contribution in [1.29, 1.82) is 0 Å². The summed E-state index contributed by atoms with van der Waals surface area (Å²) < 4.78 is 5.41. The third-order valence-electron chi connectivity index (χ3n) is 3.04. The third-order valence-corrected chi connectivity index (χ3v) is 3.04. The van der Waals surface area contributed by atoms with Crippen molar-refractivity contribution in [1.82, 2.24) is 9.97 Å². The Bertz CT molecular complexity index is 305. The van der Waals surface area contributed by atoms with Gasteiger partial charge in [0.25, 0.3) is 0 Å². The minimum absolute atomic E-state index is 0.294. The highest BCUT2D eigenvalue weighted by Crippen LogP contribution is 2.25. The molecule has 1 aliphatic rings. The first-order valence-corrected chi connectivity index (χ1v) is 5.27. The van der Waals surface area contributed by atoms with Gasteiger partial charge in [-0.15, -0.1) is 0 Å². The largest absolute Gasteiger partial charge is 0.371 e. The van der Waals surface area contributed by atoms with Crippen LogP contribution in [0.25, 0.3) is 0 Å². The molecular weight excluding hydrogens is 176 g/mol. The average Bonchev–Trinajstić information content (AvgIpc) is 2.61. The zero-order valence-corrected chi connectivity index (χ0v) is 9.18. The summed E-state index contributed by atoms with van der Waals surface area (Å²) in [5, 5.41) is 0. The summed E-state index contributed by atoms with van der Waals surface area (Å²) in [5.74, 6) is 0.965. The number of nitrogens with one attached hydrogen (secondary N) is 1. The van der Waals surface area contributed by atoms with Gasteiger partial charge in [0.1, 0.15) is 11.4 Å². The maximum atomic E-state index is 5.41. The Labute approximate surface area is 84.9 Å². The number of fused-ring (bicyclic) bond motifs is 1. The molecule has 0 aromatic carbocycles. The molecule has 0 bridgehead atoms. The maximum absolute atomic E-state index is 5.41. The normalized spacial score (nSPS) is 16.8. The first-order chi connectivity index (χ1) is 6.63. The van der Waals surface area contributed by atoms with Crippen LogP contribution in [0.1, 0.15) is 43.9 Å². The Balaban J connectivity index is 2.32. The van der Waals surface area contributed by atoms with Crippen molar-refractivity contribution >= 4 is 0 Å². The lowest BCUT2D eigenvalue weighted by Gasteiger charge is -2.19. The van der Waals surface area contributed by atoms with Crippen molar-refractivity contribution in [3.8, 4) is 0 Å². The first-order valence-electron chi connectivity index (χ1n) is 5.27. The van der Waals surface area contributed by atoms with Crippen LogP contribution in [0.3, 0.4) is 0 Å². The molecule has 78 valence electrons. The molecule has 1 aromatic heterocycles. The fourth-order valence-electron chi connectivity index (χ4n) is 1.84. The van der Waals surface area contributed by atoms with Crippen molar-refractivity contribution in [2.45, 2.75) is 45.1 Å². The molecule has 2 rings (SSSR count). The number of hydrogen-bond acceptors (Lipinski definition) is 2. The van der Waals surface area contributed by atoms with E-state index in [9.17, 15) is 0 Å². The lowest BCUT2D eigenvalue weighted by Crippen LogP contribution is -2.21. The van der Waals surface area contributed by atoms with Crippen molar-refractivity contribution in [3.63, 3.8) is 0 Å². The van der Waals surface area contributed by atoms with Crippen molar-refractivity contribution in [3.05, 3.63) is 17.2 Å². The van der Waals surface area contributed by atoms with E-state index in [-0.39, 0.29) is 5.60 Å². The van der Waals surface area contributed by atoms with E-state index < -0.39 is 0 Å². The molecule has 1 heterocycles. The summed E-state index contributed by atoms with van der Waals surface area (Å²) in [6.45, 7) is 4.08. The van der Waals surface area contributed by atoms with Gasteiger partial charge in [-0.1, -0.05) is 0 Å². The van der Waals surface area contributed by atoms with E-state index in [0.717, 1.165) is 18.7 Å². The summed E-state index contributed by atoms with van der Waals surface area (Å²) in [6.07, 6.45) is 4.81. The topological polar surface area (TPSA) is 37.9 Å². The number of rotatable bonds is 2. The quantitative estimate of drug-likeness (QED) is 0.783. The minimum atomic E-state index is -0.294. The summed E-state index contributed by atoms with van der Waals surface area (Å²) in [7, 11) is 1.72. The predicted octanol–water partition coefficient (Wildman–Crippen LogP) is 2.17. The molecule has 0 unspecified atom stereocenters. The van der Waals surface area contributed by atoms with Gasteiger partial charge in [0.05, 0.1) is 5.69 Å². The van der Waals surface area contributed by atoms with E-state index in [1.165, 1.54) is 24.2 Å². The van der Waals surface area contributed by atoms with Crippen LogP contribution in [0.5, 0.6) is 0 Å². The first kappa shape index (κ1) is 9.71. The molecule has 0 fully saturated rings. The average molecular weight is 194 g/mol. The summed E-state index contributed by atoms with van der Waals surface area (Å²) >= 11 is 0. The number of ether oxygens (including phenoxy) is 1. The van der Waals surface area contributed by atoms with Gasteiger partial charge in [-0.3, -0.25) is 0 Å². The highest BCUT2D eigenvalue weighted by Gasteiger charge is 2.26. The number of aromatic amines is 1. The van der Waals surface area contributed by atoms with Gasteiger partial charge < -0.3 is 9.72 Å². The van der Waals surface area contributed by atoms with E-state index in [4.69, 9.17) is 4.74 Å². The van der Waals surface area contributed by atoms with Gasteiger partial charge in [-0.05, 0) is 39.5 Å². The third kappa shape index (κ3) is 1.57. The zero-order chi connectivity index (χ0) is 10.2. The fourth-order valence-corrected chi connectivity index (χ4v) is 1.84. The van der Waals surface area contributed by atoms with Crippen molar-refractivity contribution in [2.75, 3.05) is 7.11 Å². The number of aryl methyl sites for hydroxylation is 2. The molecule has 0 atom stereocenters. The van der Waals surface area contributed by atoms with Gasteiger partial charge in [0.2, 0.25) is 0 Å². The van der Waals surface area contributed by atoms with Crippen LogP contribution in [0, 0.1) is 0 Å². The Morgan fingerprint density at radius 3 is 2.64 bits per heavy atom. The van der Waals surface area contributed by atoms with Crippen LogP contribution < -0.4 is 0 Å². The van der Waals surface area contributed by atoms with Crippen molar-refractivity contribution in [2.24, 2.45) is 0 Å². The van der Waals surface area contributed by atoms with E-state index in [0.29, 0.717) is 0 Å². The second-order valence-corrected chi connectivity index (χ2v) is 4.43. The second-order valence-electron chi connectivity index (χ2n) is 4.43. The number of nitrogens with zero attached hydrogens (tertiary/aromatic N) is 1. The minimum Gasteiger partial charge on any atom is -0.371 e. The summed E-state index contributed by atoms with van der Waals surface area (Å²) in [5.41, 5.74) is 2.27. The smallest absolute Gasteiger partial charge is 0.138 e. The number of aromatic nitrogens is 2. The Hall–Kier alpha value is -0.830. The van der Waals surface area contributed by atoms with E-state index >= 15 is 0 Å². The van der Waals surface area contributed by atoms with Crippen LogP contribution in [0.4, 0.5) is 0 Å². The summed E-state index contributed by atoms with van der Waals surface area (Å²) in [4.78, 5) is 8.00. The fraction of sp³-hybridized carbons (Fsp3) is 0.727. The van der Waals surface area contributed by atoms with Crippen LogP contribution in [0.15, 0.2) is 0 Å². The van der Waals surface area contributed by atoms with Crippen LogP contribution in [-0.2, 0) is 23.2 Å². The molecule has 0 radical (unpaired) electrons. The molecule has 0 spiro atoms. The maximum Gasteiger partial charge on any atom is 0.138 e. The van der Waals surface area contributed by atoms with Gasteiger partial charge >= 0.3 is 0 Å².